The monoisotopic (exact) mass is 411 g/mol. The summed E-state index contributed by atoms with van der Waals surface area (Å²) < 4.78 is 7.34. The zero-order chi connectivity index (χ0) is 15.2. The minimum Gasteiger partial charge on any atom is -0.483 e. The van der Waals surface area contributed by atoms with Crippen LogP contribution in [0.4, 0.5) is 0 Å². The third kappa shape index (κ3) is 4.86. The zero-order valence-electron chi connectivity index (χ0n) is 11.5. The number of hydrogen-bond donors (Lipinski definition) is 1. The van der Waals surface area contributed by atoms with E-state index in [1.807, 2.05) is 55.5 Å². The fraction of sp³-hybridized carbons (Fsp3) is 0.188. The normalized spacial score (nSPS) is 11.8. The molecule has 0 aromatic heterocycles. The minimum absolute atomic E-state index is 0.0104. The van der Waals surface area contributed by atoms with Gasteiger partial charge in [0.2, 0.25) is 0 Å². The average molecular weight is 413 g/mol. The Balaban J connectivity index is 1.87. The molecule has 0 saturated heterocycles. The third-order valence-corrected chi connectivity index (χ3v) is 4.13. The fourth-order valence-electron chi connectivity index (χ4n) is 1.82. The molecule has 2 aromatic rings. The van der Waals surface area contributed by atoms with Gasteiger partial charge >= 0.3 is 0 Å². The van der Waals surface area contributed by atoms with E-state index in [-0.39, 0.29) is 18.6 Å². The van der Waals surface area contributed by atoms with Gasteiger partial charge in [-0.2, -0.15) is 0 Å². The molecule has 0 bridgehead atoms. The summed E-state index contributed by atoms with van der Waals surface area (Å²) in [5.41, 5.74) is 1.05. The SMILES string of the molecule is CC(NC(=O)COc1ccccc1Br)c1ccc(Br)cc1. The molecule has 110 valence electrons. The molecule has 0 aliphatic carbocycles. The predicted octanol–water partition coefficient (Wildman–Crippen LogP) is 4.47. The van der Waals surface area contributed by atoms with E-state index in [1.54, 1.807) is 0 Å². The van der Waals surface area contributed by atoms with Crippen LogP contribution in [0.1, 0.15) is 18.5 Å². The molecule has 0 fully saturated rings. The summed E-state index contributed by atoms with van der Waals surface area (Å²) in [6.07, 6.45) is 0. The molecule has 1 unspecified atom stereocenters. The van der Waals surface area contributed by atoms with Gasteiger partial charge in [0, 0.05) is 4.47 Å². The molecular weight excluding hydrogens is 398 g/mol. The Bertz CT molecular complexity index is 614. The number of para-hydroxylation sites is 1. The van der Waals surface area contributed by atoms with Crippen LogP contribution in [0.2, 0.25) is 0 Å². The van der Waals surface area contributed by atoms with Gasteiger partial charge in [-0.05, 0) is 52.7 Å². The lowest BCUT2D eigenvalue weighted by atomic mass is 10.1. The summed E-state index contributed by atoms with van der Waals surface area (Å²) >= 11 is 6.77. The standard InChI is InChI=1S/C16H15Br2NO2/c1-11(12-6-8-13(17)9-7-12)19-16(20)10-21-15-5-3-2-4-14(15)18/h2-9,11H,10H2,1H3,(H,19,20). The number of hydrogen-bond acceptors (Lipinski definition) is 2. The van der Waals surface area contributed by atoms with Gasteiger partial charge in [0.05, 0.1) is 10.5 Å². The van der Waals surface area contributed by atoms with Gasteiger partial charge in [-0.3, -0.25) is 4.79 Å². The summed E-state index contributed by atoms with van der Waals surface area (Å²) in [7, 11) is 0. The van der Waals surface area contributed by atoms with E-state index in [1.165, 1.54) is 0 Å². The Morgan fingerprint density at radius 1 is 1.14 bits per heavy atom. The van der Waals surface area contributed by atoms with Crippen LogP contribution in [-0.4, -0.2) is 12.5 Å². The highest BCUT2D eigenvalue weighted by Crippen LogP contribution is 2.23. The van der Waals surface area contributed by atoms with Crippen molar-refractivity contribution in [3.8, 4) is 5.75 Å². The molecule has 5 heteroatoms. The Hall–Kier alpha value is -1.33. The molecule has 1 amide bonds. The smallest absolute Gasteiger partial charge is 0.258 e. The lowest BCUT2D eigenvalue weighted by molar-refractivity contribution is -0.123. The molecule has 0 saturated carbocycles. The van der Waals surface area contributed by atoms with Crippen LogP contribution in [0.3, 0.4) is 0 Å². The first-order chi connectivity index (χ1) is 10.1. The second-order valence-corrected chi connectivity index (χ2v) is 6.33. The van der Waals surface area contributed by atoms with Gasteiger partial charge in [-0.15, -0.1) is 0 Å². The Labute approximate surface area is 141 Å². The van der Waals surface area contributed by atoms with Crippen molar-refractivity contribution in [2.24, 2.45) is 0 Å². The Morgan fingerprint density at radius 2 is 1.81 bits per heavy atom. The summed E-state index contributed by atoms with van der Waals surface area (Å²) in [4.78, 5) is 11.9. The third-order valence-electron chi connectivity index (χ3n) is 2.94. The highest BCUT2D eigenvalue weighted by atomic mass is 79.9. The molecular formula is C16H15Br2NO2. The number of nitrogens with one attached hydrogen (secondary N) is 1. The fourth-order valence-corrected chi connectivity index (χ4v) is 2.49. The maximum Gasteiger partial charge on any atom is 0.258 e. The van der Waals surface area contributed by atoms with Gasteiger partial charge in [-0.25, -0.2) is 0 Å². The highest BCUT2D eigenvalue weighted by Gasteiger charge is 2.10. The predicted molar refractivity (Wildman–Crippen MR) is 90.3 cm³/mol. The van der Waals surface area contributed by atoms with E-state index in [2.05, 4.69) is 37.2 Å². The zero-order valence-corrected chi connectivity index (χ0v) is 14.6. The van der Waals surface area contributed by atoms with Gasteiger partial charge < -0.3 is 10.1 Å². The molecule has 2 rings (SSSR count). The van der Waals surface area contributed by atoms with Crippen molar-refractivity contribution in [3.05, 3.63) is 63.0 Å². The summed E-state index contributed by atoms with van der Waals surface area (Å²) in [5.74, 6) is 0.505. The Morgan fingerprint density at radius 3 is 2.48 bits per heavy atom. The molecule has 1 atom stereocenters. The van der Waals surface area contributed by atoms with E-state index in [4.69, 9.17) is 4.74 Å². The first-order valence-corrected chi connectivity index (χ1v) is 8.07. The largest absolute Gasteiger partial charge is 0.483 e. The second kappa shape index (κ2) is 7.61. The van der Waals surface area contributed by atoms with Gasteiger partial charge in [0.15, 0.2) is 6.61 Å². The second-order valence-electron chi connectivity index (χ2n) is 4.56. The van der Waals surface area contributed by atoms with Crippen molar-refractivity contribution in [2.45, 2.75) is 13.0 Å². The number of ether oxygens (including phenoxy) is 1. The number of carbonyl (C=O) groups excluding carboxylic acids is 1. The van der Waals surface area contributed by atoms with Crippen LogP contribution in [0.15, 0.2) is 57.5 Å². The molecule has 1 N–H and O–H groups in total. The molecule has 0 aliphatic rings. The maximum atomic E-state index is 11.9. The summed E-state index contributed by atoms with van der Waals surface area (Å²) in [6, 6.07) is 15.2. The number of carbonyl (C=O) groups is 1. The number of halogens is 2. The first-order valence-electron chi connectivity index (χ1n) is 6.48. The van der Waals surface area contributed by atoms with E-state index in [0.717, 1.165) is 14.5 Å². The molecule has 0 spiro atoms. The summed E-state index contributed by atoms with van der Waals surface area (Å²) in [5, 5.41) is 2.91. The molecule has 0 aliphatic heterocycles. The highest BCUT2D eigenvalue weighted by molar-refractivity contribution is 9.10. The molecule has 0 heterocycles. The lowest BCUT2D eigenvalue weighted by Gasteiger charge is -2.15. The summed E-state index contributed by atoms with van der Waals surface area (Å²) in [6.45, 7) is 1.93. The van der Waals surface area contributed by atoms with Crippen LogP contribution in [0, 0.1) is 0 Å². The maximum absolute atomic E-state index is 11.9. The van der Waals surface area contributed by atoms with Crippen molar-refractivity contribution in [2.75, 3.05) is 6.61 Å². The number of amides is 1. The van der Waals surface area contributed by atoms with E-state index < -0.39 is 0 Å². The van der Waals surface area contributed by atoms with Gasteiger partial charge in [0.1, 0.15) is 5.75 Å². The van der Waals surface area contributed by atoms with Crippen LogP contribution in [0.5, 0.6) is 5.75 Å². The van der Waals surface area contributed by atoms with Crippen molar-refractivity contribution in [3.63, 3.8) is 0 Å². The average Bonchev–Trinajstić information content (AvgIpc) is 2.47. The topological polar surface area (TPSA) is 38.3 Å². The molecule has 2 aromatic carbocycles. The van der Waals surface area contributed by atoms with E-state index in [0.29, 0.717) is 5.75 Å². The minimum atomic E-state index is -0.152. The van der Waals surface area contributed by atoms with E-state index >= 15 is 0 Å². The van der Waals surface area contributed by atoms with Crippen LogP contribution in [0.25, 0.3) is 0 Å². The number of benzene rings is 2. The number of rotatable bonds is 5. The van der Waals surface area contributed by atoms with Crippen molar-refractivity contribution in [1.29, 1.82) is 0 Å². The van der Waals surface area contributed by atoms with Crippen LogP contribution < -0.4 is 10.1 Å². The molecule has 3 nitrogen and oxygen atoms in total. The first kappa shape index (κ1) is 16.0. The van der Waals surface area contributed by atoms with E-state index in [9.17, 15) is 4.79 Å². The molecule has 21 heavy (non-hydrogen) atoms. The van der Waals surface area contributed by atoms with Gasteiger partial charge in [0.25, 0.3) is 5.91 Å². The van der Waals surface area contributed by atoms with Crippen LogP contribution in [-0.2, 0) is 4.79 Å². The van der Waals surface area contributed by atoms with Crippen LogP contribution >= 0.6 is 31.9 Å². The van der Waals surface area contributed by atoms with Crippen molar-refractivity contribution < 1.29 is 9.53 Å². The Kier molecular flexibility index (Phi) is 5.82. The van der Waals surface area contributed by atoms with Crippen molar-refractivity contribution >= 4 is 37.8 Å². The van der Waals surface area contributed by atoms with Gasteiger partial charge in [-0.1, -0.05) is 40.2 Å². The quantitative estimate of drug-likeness (QED) is 0.786. The van der Waals surface area contributed by atoms with Crippen molar-refractivity contribution in [1.82, 2.24) is 5.32 Å². The molecule has 0 radical (unpaired) electrons. The lowest BCUT2D eigenvalue weighted by Crippen LogP contribution is -2.31.